The van der Waals surface area contributed by atoms with Gasteiger partial charge in [0.2, 0.25) is 6.54 Å². The van der Waals surface area contributed by atoms with Crippen LogP contribution in [0, 0.1) is 10.1 Å². The Morgan fingerprint density at radius 2 is 1.60 bits per heavy atom. The summed E-state index contributed by atoms with van der Waals surface area (Å²) < 4.78 is 26.4. The van der Waals surface area contributed by atoms with E-state index in [9.17, 15) is 18.5 Å². The molecule has 5 nitrogen and oxygen atoms in total. The third kappa shape index (κ3) is 4.55. The molecule has 0 radical (unpaired) electrons. The van der Waals surface area contributed by atoms with E-state index < -0.39 is 32.5 Å². The van der Waals surface area contributed by atoms with Crippen LogP contribution in [0.15, 0.2) is 77.7 Å². The van der Waals surface area contributed by atoms with E-state index in [4.69, 9.17) is 0 Å². The minimum atomic E-state index is -3.84. The highest BCUT2D eigenvalue weighted by Crippen LogP contribution is 2.34. The van der Waals surface area contributed by atoms with Gasteiger partial charge in [-0.3, -0.25) is 10.1 Å². The van der Waals surface area contributed by atoms with Crippen LogP contribution in [0.4, 0.5) is 0 Å². The van der Waals surface area contributed by atoms with E-state index in [1.165, 1.54) is 12.1 Å². The molecule has 0 aliphatic carbocycles. The second-order valence-corrected chi connectivity index (χ2v) is 8.23. The zero-order chi connectivity index (χ0) is 18.4. The van der Waals surface area contributed by atoms with Crippen molar-refractivity contribution in [3.8, 4) is 0 Å². The number of alkyl halides is 1. The third-order valence-electron chi connectivity index (χ3n) is 3.92. The van der Waals surface area contributed by atoms with Crippen LogP contribution in [0.1, 0.15) is 11.5 Å². The van der Waals surface area contributed by atoms with E-state index in [0.717, 1.165) is 0 Å². The number of halogens is 1. The normalized spacial score (nSPS) is 13.8. The van der Waals surface area contributed by atoms with E-state index in [2.05, 4.69) is 22.5 Å². The number of nitro groups is 1. The first kappa shape index (κ1) is 19.3. The molecule has 0 fully saturated rings. The Kier molecular flexibility index (Phi) is 6.50. The second kappa shape index (κ2) is 8.40. The molecule has 2 rings (SSSR count). The maximum Gasteiger partial charge on any atom is 0.212 e. The summed E-state index contributed by atoms with van der Waals surface area (Å²) in [5.74, 6) is -0.827. The zero-order valence-corrected chi connectivity index (χ0v) is 15.8. The van der Waals surface area contributed by atoms with E-state index in [1.807, 2.05) is 0 Å². The van der Waals surface area contributed by atoms with E-state index in [0.29, 0.717) is 11.1 Å². The van der Waals surface area contributed by atoms with Crippen molar-refractivity contribution in [3.05, 3.63) is 88.5 Å². The van der Waals surface area contributed by atoms with Gasteiger partial charge in [0.1, 0.15) is 5.25 Å². The van der Waals surface area contributed by atoms with Crippen LogP contribution in [0.2, 0.25) is 0 Å². The molecular formula is C18H18BrNO4S. The van der Waals surface area contributed by atoms with Gasteiger partial charge in [0.15, 0.2) is 9.84 Å². The Hall–Kier alpha value is -1.99. The summed E-state index contributed by atoms with van der Waals surface area (Å²) >= 11 is 3.25. The Morgan fingerprint density at radius 1 is 1.08 bits per heavy atom. The van der Waals surface area contributed by atoms with Gasteiger partial charge in [-0.1, -0.05) is 71.0 Å². The smallest absolute Gasteiger partial charge is 0.212 e. The molecule has 0 N–H and O–H groups in total. The molecule has 0 bridgehead atoms. The molecule has 0 aliphatic rings. The van der Waals surface area contributed by atoms with Gasteiger partial charge in [-0.15, -0.1) is 0 Å². The van der Waals surface area contributed by atoms with E-state index in [-0.39, 0.29) is 10.2 Å². The average molecular weight is 424 g/mol. The largest absolute Gasteiger partial charge is 0.265 e. The van der Waals surface area contributed by atoms with Crippen molar-refractivity contribution in [1.82, 2.24) is 0 Å². The first-order chi connectivity index (χ1) is 11.9. The van der Waals surface area contributed by atoms with Crippen molar-refractivity contribution in [1.29, 1.82) is 0 Å². The number of nitrogens with zero attached hydrogens (tertiary/aromatic N) is 1. The standard InChI is InChI=1S/C18H18BrNO4S/c1-14(12-19)18(25(23,24)16-10-6-3-7-11-16)17(13-20(21)22)15-8-4-2-5-9-15/h2-11,17-18H,1,12-13H2/t17-,18?/m1/s1. The Bertz CT molecular complexity index is 838. The van der Waals surface area contributed by atoms with Crippen LogP contribution in [0.3, 0.4) is 0 Å². The number of hydrogen-bond acceptors (Lipinski definition) is 4. The molecule has 1 unspecified atom stereocenters. The molecule has 0 amide bonds. The summed E-state index contributed by atoms with van der Waals surface area (Å²) in [5.41, 5.74) is 0.991. The van der Waals surface area contributed by atoms with Gasteiger partial charge < -0.3 is 0 Å². The summed E-state index contributed by atoms with van der Waals surface area (Å²) in [6.07, 6.45) is 0. The molecule has 0 saturated carbocycles. The Morgan fingerprint density at radius 3 is 2.08 bits per heavy atom. The fourth-order valence-corrected chi connectivity index (χ4v) is 5.38. The molecule has 2 aromatic rings. The van der Waals surface area contributed by atoms with Crippen LogP contribution in [0.25, 0.3) is 0 Å². The van der Waals surface area contributed by atoms with Crippen LogP contribution >= 0.6 is 15.9 Å². The van der Waals surface area contributed by atoms with Gasteiger partial charge in [-0.25, -0.2) is 8.42 Å². The quantitative estimate of drug-likeness (QED) is 0.279. The molecular weight excluding hydrogens is 406 g/mol. The third-order valence-corrected chi connectivity index (χ3v) is 6.90. The maximum atomic E-state index is 13.2. The van der Waals surface area contributed by atoms with Crippen molar-refractivity contribution < 1.29 is 13.3 Å². The number of sulfone groups is 1. The highest BCUT2D eigenvalue weighted by atomic mass is 79.9. The second-order valence-electron chi connectivity index (χ2n) is 5.60. The molecule has 7 heteroatoms. The molecule has 0 saturated heterocycles. The zero-order valence-electron chi connectivity index (χ0n) is 13.4. The summed E-state index contributed by atoms with van der Waals surface area (Å²) in [5, 5.41) is 10.4. The Labute approximate surface area is 155 Å². The minimum Gasteiger partial charge on any atom is -0.265 e. The van der Waals surface area contributed by atoms with Gasteiger partial charge in [-0.05, 0) is 23.3 Å². The fourth-order valence-electron chi connectivity index (χ4n) is 2.79. The van der Waals surface area contributed by atoms with Crippen molar-refractivity contribution in [2.45, 2.75) is 16.1 Å². The summed E-state index contributed by atoms with van der Waals surface area (Å²) in [6.45, 7) is 3.38. The summed E-state index contributed by atoms with van der Waals surface area (Å²) in [4.78, 5) is 10.9. The van der Waals surface area contributed by atoms with Gasteiger partial charge in [0.05, 0.1) is 10.8 Å². The molecule has 2 atom stereocenters. The highest BCUT2D eigenvalue weighted by Gasteiger charge is 2.39. The monoisotopic (exact) mass is 423 g/mol. The van der Waals surface area contributed by atoms with Crippen LogP contribution < -0.4 is 0 Å². The lowest BCUT2D eigenvalue weighted by Gasteiger charge is -2.26. The fraction of sp³-hybridized carbons (Fsp3) is 0.222. The molecule has 0 spiro atoms. The molecule has 0 aliphatic heterocycles. The van der Waals surface area contributed by atoms with Crippen LogP contribution in [0.5, 0.6) is 0 Å². The van der Waals surface area contributed by atoms with Crippen molar-refractivity contribution in [3.63, 3.8) is 0 Å². The van der Waals surface area contributed by atoms with Gasteiger partial charge in [-0.2, -0.15) is 0 Å². The van der Waals surface area contributed by atoms with Crippen molar-refractivity contribution in [2.24, 2.45) is 0 Å². The number of rotatable bonds is 8. The van der Waals surface area contributed by atoms with Crippen LogP contribution in [-0.2, 0) is 9.84 Å². The topological polar surface area (TPSA) is 77.3 Å². The molecule has 0 heterocycles. The lowest BCUT2D eigenvalue weighted by Crippen LogP contribution is -2.34. The molecule has 132 valence electrons. The van der Waals surface area contributed by atoms with Gasteiger partial charge in [0, 0.05) is 10.3 Å². The lowest BCUT2D eigenvalue weighted by atomic mass is 9.92. The molecule has 2 aromatic carbocycles. The summed E-state index contributed by atoms with van der Waals surface area (Å²) in [7, 11) is -3.84. The van der Waals surface area contributed by atoms with Gasteiger partial charge in [0.25, 0.3) is 0 Å². The first-order valence-corrected chi connectivity index (χ1v) is 10.2. The SMILES string of the molecule is C=C(CBr)C([C@H](C[N+](=O)[O-])c1ccccc1)S(=O)(=O)c1ccccc1. The highest BCUT2D eigenvalue weighted by molar-refractivity contribution is 9.09. The minimum absolute atomic E-state index is 0.131. The first-order valence-electron chi connectivity index (χ1n) is 7.57. The van der Waals surface area contributed by atoms with E-state index in [1.54, 1.807) is 48.5 Å². The lowest BCUT2D eigenvalue weighted by molar-refractivity contribution is -0.483. The average Bonchev–Trinajstić information content (AvgIpc) is 2.62. The number of hydrogen-bond donors (Lipinski definition) is 0. The van der Waals surface area contributed by atoms with Crippen molar-refractivity contribution >= 4 is 25.8 Å². The van der Waals surface area contributed by atoms with E-state index >= 15 is 0 Å². The van der Waals surface area contributed by atoms with Crippen LogP contribution in [-0.4, -0.2) is 30.5 Å². The molecule has 25 heavy (non-hydrogen) atoms. The van der Waals surface area contributed by atoms with Gasteiger partial charge >= 0.3 is 0 Å². The predicted octanol–water partition coefficient (Wildman–Crippen LogP) is 3.84. The number of benzene rings is 2. The molecule has 0 aromatic heterocycles. The Balaban J connectivity index is 2.61. The van der Waals surface area contributed by atoms with Crippen molar-refractivity contribution in [2.75, 3.05) is 11.9 Å². The summed E-state index contributed by atoms with van der Waals surface area (Å²) in [6, 6.07) is 16.7. The maximum absolute atomic E-state index is 13.2. The predicted molar refractivity (Wildman–Crippen MR) is 101 cm³/mol.